The summed E-state index contributed by atoms with van der Waals surface area (Å²) in [7, 11) is 0. The molecule has 1 aromatic rings. The molecule has 104 valence electrons. The number of alkyl carbamates (subject to hydrolysis) is 1. The van der Waals surface area contributed by atoms with Crippen LogP contribution in [0.15, 0.2) is 24.3 Å². The molecule has 19 heavy (non-hydrogen) atoms. The normalized spacial score (nSPS) is 10.9. The average molecular weight is 328 g/mol. The SMILES string of the molecule is CC(C)(C)OC(=O)NCc1ccc(C(=O)CBr)cc1. The second-order valence-corrected chi connectivity index (χ2v) is 5.67. The minimum absolute atomic E-state index is 0.0339. The van der Waals surface area contributed by atoms with Gasteiger partial charge in [-0.15, -0.1) is 0 Å². The highest BCUT2D eigenvalue weighted by Crippen LogP contribution is 2.08. The van der Waals surface area contributed by atoms with Gasteiger partial charge in [0.1, 0.15) is 5.60 Å². The molecule has 1 rings (SSSR count). The molecular weight excluding hydrogens is 310 g/mol. The van der Waals surface area contributed by atoms with Crippen molar-refractivity contribution >= 4 is 27.8 Å². The fourth-order valence-electron chi connectivity index (χ4n) is 1.37. The van der Waals surface area contributed by atoms with Crippen LogP contribution in [-0.2, 0) is 11.3 Å². The first-order valence-corrected chi connectivity index (χ1v) is 7.09. The van der Waals surface area contributed by atoms with Gasteiger partial charge in [0.25, 0.3) is 0 Å². The topological polar surface area (TPSA) is 55.4 Å². The fourth-order valence-corrected chi connectivity index (χ4v) is 1.70. The Balaban J connectivity index is 2.50. The number of amides is 1. The summed E-state index contributed by atoms with van der Waals surface area (Å²) in [5.41, 5.74) is 1.06. The molecule has 0 aliphatic rings. The smallest absolute Gasteiger partial charge is 0.407 e. The first kappa shape index (κ1) is 15.7. The molecule has 0 unspecified atom stereocenters. The molecule has 0 radical (unpaired) electrons. The number of halogens is 1. The summed E-state index contributed by atoms with van der Waals surface area (Å²) in [6, 6.07) is 7.12. The second-order valence-electron chi connectivity index (χ2n) is 5.11. The van der Waals surface area contributed by atoms with E-state index in [1.165, 1.54) is 0 Å². The van der Waals surface area contributed by atoms with Gasteiger partial charge in [0.2, 0.25) is 0 Å². The Labute approximate surface area is 121 Å². The van der Waals surface area contributed by atoms with E-state index in [0.717, 1.165) is 5.56 Å². The van der Waals surface area contributed by atoms with Crippen molar-refractivity contribution in [2.45, 2.75) is 32.9 Å². The largest absolute Gasteiger partial charge is 0.444 e. The number of rotatable bonds is 4. The molecule has 0 saturated heterocycles. The molecule has 5 heteroatoms. The summed E-state index contributed by atoms with van der Waals surface area (Å²) in [4.78, 5) is 22.9. The van der Waals surface area contributed by atoms with Crippen LogP contribution in [0.5, 0.6) is 0 Å². The van der Waals surface area contributed by atoms with Crippen molar-refractivity contribution in [3.63, 3.8) is 0 Å². The quantitative estimate of drug-likeness (QED) is 0.682. The Morgan fingerprint density at radius 1 is 1.21 bits per heavy atom. The first-order chi connectivity index (χ1) is 8.81. The summed E-state index contributed by atoms with van der Waals surface area (Å²) >= 11 is 3.12. The molecule has 0 aliphatic heterocycles. The number of hydrogen-bond acceptors (Lipinski definition) is 3. The van der Waals surface area contributed by atoms with E-state index in [1.54, 1.807) is 12.1 Å². The van der Waals surface area contributed by atoms with Crippen LogP contribution >= 0.6 is 15.9 Å². The maximum Gasteiger partial charge on any atom is 0.407 e. The average Bonchev–Trinajstić information content (AvgIpc) is 2.34. The number of ketones is 1. The Bertz CT molecular complexity index is 449. The van der Waals surface area contributed by atoms with E-state index in [1.807, 2.05) is 32.9 Å². The minimum Gasteiger partial charge on any atom is -0.444 e. The van der Waals surface area contributed by atoms with Crippen molar-refractivity contribution in [3.8, 4) is 0 Å². The number of carbonyl (C=O) groups is 2. The van der Waals surface area contributed by atoms with Crippen LogP contribution in [-0.4, -0.2) is 22.8 Å². The highest BCUT2D eigenvalue weighted by molar-refractivity contribution is 9.09. The summed E-state index contributed by atoms with van der Waals surface area (Å²) in [6.07, 6.45) is -0.451. The van der Waals surface area contributed by atoms with Crippen LogP contribution in [0.4, 0.5) is 4.79 Å². The molecule has 0 saturated carbocycles. The van der Waals surface area contributed by atoms with Gasteiger partial charge in [-0.25, -0.2) is 4.79 Å². The van der Waals surface area contributed by atoms with Crippen LogP contribution in [0, 0.1) is 0 Å². The third kappa shape index (κ3) is 5.87. The second kappa shape index (κ2) is 6.70. The van der Waals surface area contributed by atoms with Crippen molar-refractivity contribution in [2.24, 2.45) is 0 Å². The van der Waals surface area contributed by atoms with E-state index in [2.05, 4.69) is 21.2 Å². The zero-order chi connectivity index (χ0) is 14.5. The predicted molar refractivity (Wildman–Crippen MR) is 77.6 cm³/mol. The molecule has 1 N–H and O–H groups in total. The molecule has 0 aliphatic carbocycles. The van der Waals surface area contributed by atoms with Gasteiger partial charge in [-0.3, -0.25) is 4.79 Å². The Morgan fingerprint density at radius 2 is 1.79 bits per heavy atom. The van der Waals surface area contributed by atoms with Crippen molar-refractivity contribution in [2.75, 3.05) is 5.33 Å². The van der Waals surface area contributed by atoms with Crippen LogP contribution in [0.25, 0.3) is 0 Å². The van der Waals surface area contributed by atoms with Gasteiger partial charge in [-0.1, -0.05) is 40.2 Å². The highest BCUT2D eigenvalue weighted by atomic mass is 79.9. The van der Waals surface area contributed by atoms with Crippen LogP contribution in [0.1, 0.15) is 36.7 Å². The maximum atomic E-state index is 11.5. The third-order valence-electron chi connectivity index (χ3n) is 2.23. The summed E-state index contributed by atoms with van der Waals surface area (Å²) < 4.78 is 5.13. The van der Waals surface area contributed by atoms with Gasteiger partial charge >= 0.3 is 6.09 Å². The van der Waals surface area contributed by atoms with E-state index in [0.29, 0.717) is 17.4 Å². The standard InChI is InChI=1S/C14H18BrNO3/c1-14(2,3)19-13(18)16-9-10-4-6-11(7-5-10)12(17)8-15/h4-7H,8-9H2,1-3H3,(H,16,18). The zero-order valence-electron chi connectivity index (χ0n) is 11.3. The van der Waals surface area contributed by atoms with Gasteiger partial charge in [-0.2, -0.15) is 0 Å². The van der Waals surface area contributed by atoms with Gasteiger partial charge < -0.3 is 10.1 Å². The lowest BCUT2D eigenvalue weighted by atomic mass is 10.1. The third-order valence-corrected chi connectivity index (χ3v) is 2.74. The number of alkyl halides is 1. The molecular formula is C14H18BrNO3. The Hall–Kier alpha value is -1.36. The van der Waals surface area contributed by atoms with E-state index >= 15 is 0 Å². The van der Waals surface area contributed by atoms with Crippen molar-refractivity contribution < 1.29 is 14.3 Å². The molecule has 0 atom stereocenters. The van der Waals surface area contributed by atoms with Crippen LogP contribution in [0.2, 0.25) is 0 Å². The molecule has 0 spiro atoms. The lowest BCUT2D eigenvalue weighted by Gasteiger charge is -2.19. The van der Waals surface area contributed by atoms with Gasteiger partial charge in [-0.05, 0) is 26.3 Å². The van der Waals surface area contributed by atoms with Gasteiger partial charge in [0, 0.05) is 12.1 Å². The van der Waals surface area contributed by atoms with E-state index in [9.17, 15) is 9.59 Å². The van der Waals surface area contributed by atoms with Gasteiger partial charge in [0.15, 0.2) is 5.78 Å². The first-order valence-electron chi connectivity index (χ1n) is 5.97. The Kier molecular flexibility index (Phi) is 5.54. The fraction of sp³-hybridized carbons (Fsp3) is 0.429. The predicted octanol–water partition coefficient (Wildman–Crippen LogP) is 3.29. The highest BCUT2D eigenvalue weighted by Gasteiger charge is 2.15. The molecule has 1 amide bonds. The number of ether oxygens (including phenoxy) is 1. The molecule has 0 aromatic heterocycles. The number of benzene rings is 1. The molecule has 0 fully saturated rings. The molecule has 0 heterocycles. The van der Waals surface area contributed by atoms with Crippen molar-refractivity contribution in [1.29, 1.82) is 0 Å². The monoisotopic (exact) mass is 327 g/mol. The number of Topliss-reactive ketones (excluding diaryl/α,β-unsaturated/α-hetero) is 1. The maximum absolute atomic E-state index is 11.5. The lowest BCUT2D eigenvalue weighted by Crippen LogP contribution is -2.32. The lowest BCUT2D eigenvalue weighted by molar-refractivity contribution is 0.0523. The van der Waals surface area contributed by atoms with Crippen molar-refractivity contribution in [1.82, 2.24) is 5.32 Å². The van der Waals surface area contributed by atoms with E-state index in [-0.39, 0.29) is 5.78 Å². The molecule has 1 aromatic carbocycles. The molecule has 0 bridgehead atoms. The minimum atomic E-state index is -0.504. The number of hydrogen-bond donors (Lipinski definition) is 1. The zero-order valence-corrected chi connectivity index (χ0v) is 12.9. The van der Waals surface area contributed by atoms with Crippen molar-refractivity contribution in [3.05, 3.63) is 35.4 Å². The molecule has 4 nitrogen and oxygen atoms in total. The summed E-state index contributed by atoms with van der Waals surface area (Å²) in [5.74, 6) is 0.0339. The Morgan fingerprint density at radius 3 is 2.26 bits per heavy atom. The summed E-state index contributed by atoms with van der Waals surface area (Å²) in [5, 5.41) is 2.97. The van der Waals surface area contributed by atoms with E-state index in [4.69, 9.17) is 4.74 Å². The van der Waals surface area contributed by atoms with Crippen LogP contribution < -0.4 is 5.32 Å². The van der Waals surface area contributed by atoms with Gasteiger partial charge in [0.05, 0.1) is 5.33 Å². The summed E-state index contributed by atoms with van der Waals surface area (Å²) in [6.45, 7) is 5.81. The number of nitrogens with one attached hydrogen (secondary N) is 1. The van der Waals surface area contributed by atoms with Crippen LogP contribution in [0.3, 0.4) is 0 Å². The number of carbonyl (C=O) groups excluding carboxylic acids is 2. The van der Waals surface area contributed by atoms with E-state index < -0.39 is 11.7 Å².